The molecule has 0 bridgehead atoms. The van der Waals surface area contributed by atoms with Gasteiger partial charge in [0, 0.05) is 18.8 Å². The summed E-state index contributed by atoms with van der Waals surface area (Å²) < 4.78 is 5.53. The summed E-state index contributed by atoms with van der Waals surface area (Å²) in [6.45, 7) is 1.43. The first kappa shape index (κ1) is 12.4. The van der Waals surface area contributed by atoms with Crippen molar-refractivity contribution >= 4 is 11.8 Å². The Morgan fingerprint density at radius 3 is 3.11 bits per heavy atom. The van der Waals surface area contributed by atoms with Crippen molar-refractivity contribution in [2.24, 2.45) is 0 Å². The largest absolute Gasteiger partial charge is 0.478 e. The molecule has 0 spiro atoms. The number of nitrogens with one attached hydrogen (secondary N) is 1. The van der Waals surface area contributed by atoms with Crippen LogP contribution in [0.5, 0.6) is 0 Å². The molecule has 1 aliphatic heterocycles. The summed E-state index contributed by atoms with van der Waals surface area (Å²) in [5, 5.41) is 12.4. The number of rotatable bonds is 4. The van der Waals surface area contributed by atoms with Crippen LogP contribution < -0.4 is 5.32 Å². The van der Waals surface area contributed by atoms with Crippen molar-refractivity contribution in [3.8, 4) is 0 Å². The number of carboxylic acids is 1. The molecule has 1 unspecified atom stereocenters. The van der Waals surface area contributed by atoms with E-state index in [1.807, 2.05) is 0 Å². The Morgan fingerprint density at radius 2 is 2.37 bits per heavy atom. The zero-order valence-corrected chi connectivity index (χ0v) is 10.8. The maximum atomic E-state index is 11.3. The molecule has 2 N–H and O–H groups in total. The highest BCUT2D eigenvalue weighted by Gasteiger charge is 2.21. The van der Waals surface area contributed by atoms with Gasteiger partial charge < -0.3 is 15.2 Å². The van der Waals surface area contributed by atoms with Crippen molar-refractivity contribution in [3.05, 3.63) is 22.9 Å². The summed E-state index contributed by atoms with van der Waals surface area (Å²) in [6, 6.07) is 1.77. The number of hydrogen-bond acceptors (Lipinski definition) is 4. The van der Waals surface area contributed by atoms with E-state index in [1.54, 1.807) is 6.07 Å². The number of nitrogens with zero attached hydrogens (tertiary/aromatic N) is 1. The van der Waals surface area contributed by atoms with Gasteiger partial charge in [-0.25, -0.2) is 9.78 Å². The van der Waals surface area contributed by atoms with Crippen LogP contribution in [-0.4, -0.2) is 35.3 Å². The van der Waals surface area contributed by atoms with Crippen molar-refractivity contribution in [2.75, 3.05) is 18.5 Å². The van der Waals surface area contributed by atoms with Crippen LogP contribution in [0.4, 0.5) is 5.82 Å². The molecule has 1 fully saturated rings. The molecular weight excluding hydrogens is 244 g/mol. The minimum atomic E-state index is -0.919. The Balaban J connectivity index is 1.80. The lowest BCUT2D eigenvalue weighted by atomic mass is 10.1. The number of pyridine rings is 1. The standard InChI is InChI=1S/C14H18N2O3/c17-14(18)11-7-9-3-1-5-12(9)16-13(11)15-8-10-4-2-6-19-10/h7,10H,1-6,8H2,(H,15,16)(H,17,18). The Hall–Kier alpha value is -1.62. The molecular formula is C14H18N2O3. The molecule has 1 aromatic heterocycles. The van der Waals surface area contributed by atoms with Gasteiger partial charge in [0.05, 0.1) is 6.10 Å². The van der Waals surface area contributed by atoms with Crippen LogP contribution in [0.1, 0.15) is 40.9 Å². The zero-order chi connectivity index (χ0) is 13.2. The average Bonchev–Trinajstić information content (AvgIpc) is 3.05. The molecule has 102 valence electrons. The molecule has 1 aliphatic carbocycles. The summed E-state index contributed by atoms with van der Waals surface area (Å²) in [7, 11) is 0. The molecule has 1 saturated heterocycles. The number of aromatic nitrogens is 1. The molecule has 5 nitrogen and oxygen atoms in total. The smallest absolute Gasteiger partial charge is 0.339 e. The monoisotopic (exact) mass is 262 g/mol. The van der Waals surface area contributed by atoms with Gasteiger partial charge in [0.1, 0.15) is 11.4 Å². The second-order valence-electron chi connectivity index (χ2n) is 5.16. The van der Waals surface area contributed by atoms with E-state index >= 15 is 0 Å². The number of hydrogen-bond donors (Lipinski definition) is 2. The second-order valence-corrected chi connectivity index (χ2v) is 5.16. The third-order valence-corrected chi connectivity index (χ3v) is 3.80. The van der Waals surface area contributed by atoms with E-state index in [1.165, 1.54) is 0 Å². The van der Waals surface area contributed by atoms with E-state index in [9.17, 15) is 9.90 Å². The van der Waals surface area contributed by atoms with Crippen molar-refractivity contribution in [3.63, 3.8) is 0 Å². The van der Waals surface area contributed by atoms with Gasteiger partial charge in [0.25, 0.3) is 0 Å². The van der Waals surface area contributed by atoms with E-state index in [0.717, 1.165) is 50.0 Å². The van der Waals surface area contributed by atoms with Crippen molar-refractivity contribution < 1.29 is 14.6 Å². The van der Waals surface area contributed by atoms with E-state index in [2.05, 4.69) is 10.3 Å². The number of ether oxygens (including phenoxy) is 1. The highest BCUT2D eigenvalue weighted by molar-refractivity contribution is 5.93. The van der Waals surface area contributed by atoms with Crippen LogP contribution >= 0.6 is 0 Å². The van der Waals surface area contributed by atoms with Gasteiger partial charge in [-0.15, -0.1) is 0 Å². The summed E-state index contributed by atoms with van der Waals surface area (Å²) in [5.41, 5.74) is 2.40. The predicted octanol–water partition coefficient (Wildman–Crippen LogP) is 1.86. The Morgan fingerprint density at radius 1 is 1.47 bits per heavy atom. The summed E-state index contributed by atoms with van der Waals surface area (Å²) in [4.78, 5) is 15.8. The molecule has 1 aromatic rings. The van der Waals surface area contributed by atoms with Gasteiger partial charge >= 0.3 is 5.97 Å². The number of anilines is 1. The number of carbonyl (C=O) groups is 1. The fourth-order valence-corrected chi connectivity index (χ4v) is 2.79. The number of aryl methyl sites for hydroxylation is 2. The predicted molar refractivity (Wildman–Crippen MR) is 70.7 cm³/mol. The normalized spacial score (nSPS) is 21.4. The molecule has 5 heteroatoms. The first-order valence-corrected chi connectivity index (χ1v) is 6.85. The van der Waals surface area contributed by atoms with E-state index in [4.69, 9.17) is 4.74 Å². The number of carboxylic acid groups (broad SMARTS) is 1. The first-order valence-electron chi connectivity index (χ1n) is 6.85. The number of aromatic carboxylic acids is 1. The minimum absolute atomic E-state index is 0.177. The van der Waals surface area contributed by atoms with Gasteiger partial charge in [-0.1, -0.05) is 0 Å². The summed E-state index contributed by atoms with van der Waals surface area (Å²) >= 11 is 0. The molecule has 0 amide bonds. The van der Waals surface area contributed by atoms with Crippen LogP contribution in [0.15, 0.2) is 6.07 Å². The molecule has 3 rings (SSSR count). The van der Waals surface area contributed by atoms with Crippen molar-refractivity contribution in [1.82, 2.24) is 4.98 Å². The number of fused-ring (bicyclic) bond motifs is 1. The lowest BCUT2D eigenvalue weighted by Crippen LogP contribution is -2.21. The fourth-order valence-electron chi connectivity index (χ4n) is 2.79. The Kier molecular flexibility index (Phi) is 3.38. The third-order valence-electron chi connectivity index (χ3n) is 3.80. The highest BCUT2D eigenvalue weighted by atomic mass is 16.5. The van der Waals surface area contributed by atoms with E-state index in [-0.39, 0.29) is 11.7 Å². The van der Waals surface area contributed by atoms with E-state index in [0.29, 0.717) is 12.4 Å². The van der Waals surface area contributed by atoms with Gasteiger partial charge in [0.15, 0.2) is 0 Å². The SMILES string of the molecule is O=C(O)c1cc2c(nc1NCC1CCCO1)CCC2. The van der Waals surface area contributed by atoms with Gasteiger partial charge in [-0.3, -0.25) is 0 Å². The lowest BCUT2D eigenvalue weighted by Gasteiger charge is -2.14. The van der Waals surface area contributed by atoms with E-state index < -0.39 is 5.97 Å². The average molecular weight is 262 g/mol. The molecule has 2 aliphatic rings. The van der Waals surface area contributed by atoms with Crippen molar-refractivity contribution in [1.29, 1.82) is 0 Å². The van der Waals surface area contributed by atoms with Crippen LogP contribution in [-0.2, 0) is 17.6 Å². The van der Waals surface area contributed by atoms with Gasteiger partial charge in [-0.05, 0) is 43.7 Å². The molecule has 0 saturated carbocycles. The Bertz CT molecular complexity index is 496. The summed E-state index contributed by atoms with van der Waals surface area (Å²) in [6.07, 6.45) is 5.24. The maximum absolute atomic E-state index is 11.3. The second kappa shape index (κ2) is 5.17. The van der Waals surface area contributed by atoms with Crippen LogP contribution in [0, 0.1) is 0 Å². The Labute approximate surface area is 112 Å². The molecule has 19 heavy (non-hydrogen) atoms. The van der Waals surface area contributed by atoms with Crippen molar-refractivity contribution in [2.45, 2.75) is 38.2 Å². The summed E-state index contributed by atoms with van der Waals surface area (Å²) in [5.74, 6) is -0.430. The topological polar surface area (TPSA) is 71.5 Å². The van der Waals surface area contributed by atoms with Gasteiger partial charge in [-0.2, -0.15) is 0 Å². The van der Waals surface area contributed by atoms with Crippen LogP contribution in [0.2, 0.25) is 0 Å². The first-order chi connectivity index (χ1) is 9.24. The minimum Gasteiger partial charge on any atom is -0.478 e. The lowest BCUT2D eigenvalue weighted by molar-refractivity contribution is 0.0697. The fraction of sp³-hybridized carbons (Fsp3) is 0.571. The maximum Gasteiger partial charge on any atom is 0.339 e. The highest BCUT2D eigenvalue weighted by Crippen LogP contribution is 2.25. The zero-order valence-electron chi connectivity index (χ0n) is 10.8. The van der Waals surface area contributed by atoms with Crippen LogP contribution in [0.3, 0.4) is 0 Å². The quantitative estimate of drug-likeness (QED) is 0.866. The third kappa shape index (κ3) is 2.56. The molecule has 1 atom stereocenters. The van der Waals surface area contributed by atoms with Crippen LogP contribution in [0.25, 0.3) is 0 Å². The molecule has 0 radical (unpaired) electrons. The van der Waals surface area contributed by atoms with Gasteiger partial charge in [0.2, 0.25) is 0 Å². The molecule has 0 aromatic carbocycles. The molecule has 2 heterocycles.